The molecule has 11 heteroatoms. The van der Waals surface area contributed by atoms with Crippen LogP contribution in [0.1, 0.15) is 55.2 Å². The van der Waals surface area contributed by atoms with Crippen LogP contribution in [0, 0.1) is 5.92 Å². The van der Waals surface area contributed by atoms with Crippen molar-refractivity contribution in [1.29, 1.82) is 0 Å². The van der Waals surface area contributed by atoms with Crippen LogP contribution < -0.4 is 10.5 Å². The van der Waals surface area contributed by atoms with E-state index >= 15 is 0 Å². The molecule has 1 aliphatic rings. The molecule has 4 rings (SSSR count). The molecule has 1 aromatic carbocycles. The molecule has 3 aromatic rings. The Morgan fingerprint density at radius 3 is 2.51 bits per heavy atom. The molecule has 188 valence electrons. The van der Waals surface area contributed by atoms with Crippen LogP contribution in [0.2, 0.25) is 0 Å². The quantitative estimate of drug-likeness (QED) is 0.549. The number of β-amino-alcohol motifs (C(OH)–C–C–N with tert-alkyl or cyclic N) is 1. The number of hydrogen-bond acceptors (Lipinski definition) is 7. The third-order valence-electron chi connectivity index (χ3n) is 6.47. The Bertz CT molecular complexity index is 1270. The highest BCUT2D eigenvalue weighted by Crippen LogP contribution is 2.38. The summed E-state index contributed by atoms with van der Waals surface area (Å²) in [5.74, 6) is -0.155. The Morgan fingerprint density at radius 1 is 1.23 bits per heavy atom. The second-order valence-corrected chi connectivity index (χ2v) is 9.16. The maximum Gasteiger partial charge on any atom is 0.433 e. The van der Waals surface area contributed by atoms with Gasteiger partial charge in [0.05, 0.1) is 25.3 Å². The number of rotatable bonds is 5. The first kappa shape index (κ1) is 24.9. The third kappa shape index (κ3) is 4.45. The summed E-state index contributed by atoms with van der Waals surface area (Å²) >= 11 is 0. The van der Waals surface area contributed by atoms with Gasteiger partial charge in [-0.1, -0.05) is 13.8 Å². The molecule has 1 saturated heterocycles. The lowest BCUT2D eigenvalue weighted by Gasteiger charge is -2.27. The fourth-order valence-electron chi connectivity index (χ4n) is 4.22. The number of halogens is 3. The van der Waals surface area contributed by atoms with Gasteiger partial charge in [-0.2, -0.15) is 13.2 Å². The molecule has 3 N–H and O–H groups in total. The van der Waals surface area contributed by atoms with Gasteiger partial charge >= 0.3 is 6.18 Å². The van der Waals surface area contributed by atoms with Crippen molar-refractivity contribution in [3.8, 4) is 17.2 Å². The third-order valence-corrected chi connectivity index (χ3v) is 6.47. The zero-order chi connectivity index (χ0) is 25.7. The lowest BCUT2D eigenvalue weighted by molar-refractivity contribution is -0.140. The predicted molar refractivity (Wildman–Crippen MR) is 122 cm³/mol. The molecule has 2 atom stereocenters. The number of oxazole rings is 1. The van der Waals surface area contributed by atoms with Crippen molar-refractivity contribution in [3.63, 3.8) is 0 Å². The topological polar surface area (TPSA) is 115 Å². The first-order valence-electron chi connectivity index (χ1n) is 11.2. The van der Waals surface area contributed by atoms with Crippen molar-refractivity contribution in [2.75, 3.05) is 20.2 Å². The van der Waals surface area contributed by atoms with Gasteiger partial charge in [0.2, 0.25) is 5.89 Å². The van der Waals surface area contributed by atoms with E-state index in [1.807, 2.05) is 13.8 Å². The molecule has 0 aliphatic carbocycles. The molecule has 1 fully saturated rings. The number of methoxy groups -OCH3 is 1. The molecule has 1 aliphatic heterocycles. The van der Waals surface area contributed by atoms with Crippen molar-refractivity contribution in [2.45, 2.75) is 45.0 Å². The zero-order valence-corrected chi connectivity index (χ0v) is 19.8. The van der Waals surface area contributed by atoms with Gasteiger partial charge in [0, 0.05) is 17.5 Å². The average molecular weight is 492 g/mol. The largest absolute Gasteiger partial charge is 0.494 e. The fourth-order valence-corrected chi connectivity index (χ4v) is 4.22. The summed E-state index contributed by atoms with van der Waals surface area (Å²) in [6, 6.07) is 4.49. The van der Waals surface area contributed by atoms with Gasteiger partial charge < -0.3 is 24.9 Å². The molecule has 3 heterocycles. The van der Waals surface area contributed by atoms with E-state index in [0.717, 1.165) is 6.07 Å². The van der Waals surface area contributed by atoms with Crippen LogP contribution in [0.25, 0.3) is 22.4 Å². The summed E-state index contributed by atoms with van der Waals surface area (Å²) < 4.78 is 50.9. The number of ether oxygens (including phenoxy) is 1. The summed E-state index contributed by atoms with van der Waals surface area (Å²) in [6.07, 6.45) is -4.20. The number of alkyl halides is 3. The maximum atomic E-state index is 13.3. The van der Waals surface area contributed by atoms with Crippen molar-refractivity contribution < 1.29 is 32.2 Å². The van der Waals surface area contributed by atoms with Crippen LogP contribution in [0.5, 0.6) is 5.75 Å². The molecule has 35 heavy (non-hydrogen) atoms. The number of fused-ring (bicyclic) bond motifs is 1. The van der Waals surface area contributed by atoms with Gasteiger partial charge in [-0.15, -0.1) is 0 Å². The molecular weight excluding hydrogens is 465 g/mol. The van der Waals surface area contributed by atoms with Gasteiger partial charge in [-0.25, -0.2) is 9.97 Å². The molecule has 2 aromatic heterocycles. The Hall–Kier alpha value is -3.18. The number of likely N-dealkylation sites (tertiary alicyclic amines) is 1. The molecule has 8 nitrogen and oxygen atoms in total. The number of nitrogens with zero attached hydrogens (tertiary/aromatic N) is 3. The van der Waals surface area contributed by atoms with Crippen molar-refractivity contribution in [1.82, 2.24) is 14.9 Å². The number of benzene rings is 1. The Morgan fingerprint density at radius 2 is 1.94 bits per heavy atom. The highest BCUT2D eigenvalue weighted by molar-refractivity contribution is 5.98. The smallest absolute Gasteiger partial charge is 0.433 e. The normalized spacial score (nSPS) is 19.5. The zero-order valence-electron chi connectivity index (χ0n) is 19.8. The van der Waals surface area contributed by atoms with Crippen LogP contribution in [-0.4, -0.2) is 51.7 Å². The number of aromatic nitrogens is 2. The second kappa shape index (κ2) is 8.80. The van der Waals surface area contributed by atoms with Crippen molar-refractivity contribution >= 4 is 16.8 Å². The molecule has 1 unspecified atom stereocenters. The molecule has 0 radical (unpaired) electrons. The monoisotopic (exact) mass is 492 g/mol. The fraction of sp³-hybridized carbons (Fsp3) is 0.458. The van der Waals surface area contributed by atoms with E-state index in [4.69, 9.17) is 14.9 Å². The highest BCUT2D eigenvalue weighted by Gasteiger charge is 2.42. The minimum Gasteiger partial charge on any atom is -0.494 e. The van der Waals surface area contributed by atoms with Gasteiger partial charge in [-0.05, 0) is 43.5 Å². The number of amides is 1. The van der Waals surface area contributed by atoms with Crippen LogP contribution in [0.3, 0.4) is 0 Å². The summed E-state index contributed by atoms with van der Waals surface area (Å²) in [6.45, 7) is 5.92. The number of nitrogens with two attached hydrogens (primary N) is 1. The lowest BCUT2D eigenvalue weighted by atomic mass is 9.90. The minimum absolute atomic E-state index is 0.00634. The highest BCUT2D eigenvalue weighted by atomic mass is 19.4. The molecular formula is C24H27F3N4O4. The summed E-state index contributed by atoms with van der Waals surface area (Å²) in [5.41, 5.74) is 4.32. The van der Waals surface area contributed by atoms with Crippen molar-refractivity contribution in [2.24, 2.45) is 11.7 Å². The van der Waals surface area contributed by atoms with E-state index in [9.17, 15) is 23.1 Å². The van der Waals surface area contributed by atoms with Crippen LogP contribution in [0.15, 0.2) is 28.7 Å². The van der Waals surface area contributed by atoms with Gasteiger partial charge in [0.25, 0.3) is 5.91 Å². The van der Waals surface area contributed by atoms with Crippen molar-refractivity contribution in [3.05, 3.63) is 41.4 Å². The van der Waals surface area contributed by atoms with Gasteiger partial charge in [0.15, 0.2) is 11.5 Å². The van der Waals surface area contributed by atoms with E-state index in [2.05, 4.69) is 9.97 Å². The minimum atomic E-state index is -4.63. The van der Waals surface area contributed by atoms with E-state index < -0.39 is 29.4 Å². The first-order valence-corrected chi connectivity index (χ1v) is 11.2. The van der Waals surface area contributed by atoms with Gasteiger partial charge in [0.1, 0.15) is 17.0 Å². The maximum absolute atomic E-state index is 13.3. The number of pyridine rings is 1. The first-order chi connectivity index (χ1) is 16.4. The molecule has 0 spiro atoms. The molecule has 0 saturated carbocycles. The molecule has 1 amide bonds. The number of aliphatic hydroxyl groups is 1. The summed E-state index contributed by atoms with van der Waals surface area (Å²) in [4.78, 5) is 23.0. The Balaban J connectivity index is 1.80. The van der Waals surface area contributed by atoms with Crippen LogP contribution >= 0.6 is 0 Å². The number of carbonyl (C=O) groups is 1. The Kier molecular flexibility index (Phi) is 6.26. The van der Waals surface area contributed by atoms with Gasteiger partial charge in [-0.3, -0.25) is 4.79 Å². The summed E-state index contributed by atoms with van der Waals surface area (Å²) in [7, 11) is 1.33. The number of hydrogen-bond donors (Lipinski definition) is 2. The SMILES string of the molecule is COc1ccc(-c2nc(C(=O)N3CCC(O)(C(C)C)C3)c([C@H](C)N)o2)c2ccc(C(F)(F)F)nc12. The molecule has 0 bridgehead atoms. The Labute approximate surface area is 199 Å². The van der Waals surface area contributed by atoms with E-state index in [-0.39, 0.29) is 41.1 Å². The van der Waals surface area contributed by atoms with E-state index in [0.29, 0.717) is 23.9 Å². The average Bonchev–Trinajstić information content (AvgIpc) is 3.42. The summed E-state index contributed by atoms with van der Waals surface area (Å²) in [5, 5.41) is 11.1. The lowest BCUT2D eigenvalue weighted by Crippen LogP contribution is -2.40. The van der Waals surface area contributed by atoms with Crippen LogP contribution in [-0.2, 0) is 6.18 Å². The van der Waals surface area contributed by atoms with E-state index in [1.165, 1.54) is 24.1 Å². The van der Waals surface area contributed by atoms with E-state index in [1.54, 1.807) is 13.0 Å². The number of carbonyl (C=O) groups excluding carboxylic acids is 1. The second-order valence-electron chi connectivity index (χ2n) is 9.16. The standard InChI is InChI=1S/C24H27F3N4O4/c1-12(2)23(33)9-10-31(11-23)22(32)19-20(13(3)28)35-21(30-19)15-5-7-16(34-4)18-14(15)6-8-17(29-18)24(25,26)27/h5-8,12-13,33H,9-11,28H2,1-4H3/t13-,23?/m0/s1. The predicted octanol–water partition coefficient (Wildman–Crippen LogP) is 4.17. The van der Waals surface area contributed by atoms with Crippen LogP contribution in [0.4, 0.5) is 13.2 Å².